The monoisotopic (exact) mass is 340 g/mol. The molecule has 3 aromatic rings. The fraction of sp³-hybridized carbons (Fsp3) is 0. The summed E-state index contributed by atoms with van der Waals surface area (Å²) < 4.78 is 35.5. The zero-order chi connectivity index (χ0) is 15.0. The van der Waals surface area contributed by atoms with Gasteiger partial charge >= 0.3 is 0 Å². The maximum atomic E-state index is 12.5. The molecule has 3 N–H and O–H groups in total. The highest BCUT2D eigenvalue weighted by Crippen LogP contribution is 2.28. The highest BCUT2D eigenvalue weighted by Gasteiger charge is 2.20. The van der Waals surface area contributed by atoms with Gasteiger partial charge in [0.25, 0.3) is 10.0 Å². The Bertz CT molecular complexity index is 924. The number of aromatic nitrogens is 2. The molecule has 1 heterocycles. The Hall–Kier alpha value is -1.90. The molecule has 3 rings (SSSR count). The first-order valence-electron chi connectivity index (χ1n) is 5.76. The van der Waals surface area contributed by atoms with Crippen molar-refractivity contribution in [1.29, 1.82) is 0 Å². The van der Waals surface area contributed by atoms with Crippen LogP contribution in [0.15, 0.2) is 41.3 Å². The Morgan fingerprint density at radius 3 is 2.81 bits per heavy atom. The Balaban J connectivity index is 2.09. The lowest BCUT2D eigenvalue weighted by molar-refractivity contribution is 0.602. The van der Waals surface area contributed by atoms with Gasteiger partial charge in [-0.05, 0) is 30.3 Å². The fourth-order valence-electron chi connectivity index (χ4n) is 1.81. The van der Waals surface area contributed by atoms with Crippen molar-refractivity contribution in [3.8, 4) is 0 Å². The molecule has 0 bridgehead atoms. The minimum absolute atomic E-state index is 0.0492. The maximum Gasteiger partial charge on any atom is 0.264 e. The van der Waals surface area contributed by atoms with Crippen molar-refractivity contribution in [2.75, 3.05) is 10.5 Å². The summed E-state index contributed by atoms with van der Waals surface area (Å²) in [5, 5.41) is 0.385. The van der Waals surface area contributed by atoms with Crippen molar-refractivity contribution >= 4 is 55.8 Å². The van der Waals surface area contributed by atoms with Gasteiger partial charge in [0.15, 0.2) is 0 Å². The van der Waals surface area contributed by atoms with E-state index in [1.807, 2.05) is 0 Å². The van der Waals surface area contributed by atoms with E-state index in [0.717, 1.165) is 11.7 Å². The number of nitrogens with zero attached hydrogens (tertiary/aromatic N) is 2. The molecule has 1 aromatic heterocycles. The van der Waals surface area contributed by atoms with Crippen molar-refractivity contribution in [3.63, 3.8) is 0 Å². The number of fused-ring (bicyclic) bond motifs is 1. The van der Waals surface area contributed by atoms with Crippen LogP contribution in [-0.2, 0) is 10.0 Å². The molecule has 0 atom stereocenters. The molecule has 21 heavy (non-hydrogen) atoms. The van der Waals surface area contributed by atoms with Gasteiger partial charge in [-0.1, -0.05) is 17.7 Å². The summed E-state index contributed by atoms with van der Waals surface area (Å²) in [7, 11) is -3.83. The van der Waals surface area contributed by atoms with Crippen LogP contribution in [0.3, 0.4) is 0 Å². The largest absolute Gasteiger partial charge is 0.397 e. The summed E-state index contributed by atoms with van der Waals surface area (Å²) in [6.45, 7) is 0. The second-order valence-electron chi connectivity index (χ2n) is 4.23. The summed E-state index contributed by atoms with van der Waals surface area (Å²) in [6, 6.07) is 9.34. The molecule has 0 radical (unpaired) electrons. The van der Waals surface area contributed by atoms with Gasteiger partial charge in [0, 0.05) is 5.02 Å². The van der Waals surface area contributed by atoms with E-state index < -0.39 is 10.0 Å². The van der Waals surface area contributed by atoms with Crippen LogP contribution in [0, 0.1) is 0 Å². The first-order valence-corrected chi connectivity index (χ1v) is 8.36. The average Bonchev–Trinajstić information content (AvgIpc) is 2.90. The average molecular weight is 341 g/mol. The third-order valence-corrected chi connectivity index (χ3v) is 4.97. The highest BCUT2D eigenvalue weighted by atomic mass is 35.5. The predicted molar refractivity (Wildman–Crippen MR) is 84.1 cm³/mol. The molecular formula is C12H9ClN4O2S2. The summed E-state index contributed by atoms with van der Waals surface area (Å²) >= 11 is 6.82. The van der Waals surface area contributed by atoms with Crippen molar-refractivity contribution in [3.05, 3.63) is 41.4 Å². The lowest BCUT2D eigenvalue weighted by Gasteiger charge is -2.10. The predicted octanol–water partition coefficient (Wildman–Crippen LogP) is 2.73. The third kappa shape index (κ3) is 2.65. The standard InChI is InChI=1S/C12H9ClN4O2S2/c13-7-4-5-8(14)10(6-7)17-21(18,19)11-3-1-2-9-12(11)16-20-15-9/h1-6,17H,14H2. The molecule has 108 valence electrons. The molecule has 0 aliphatic carbocycles. The normalized spacial score (nSPS) is 11.7. The molecule has 0 spiro atoms. The Kier molecular flexibility index (Phi) is 3.44. The lowest BCUT2D eigenvalue weighted by atomic mass is 10.3. The van der Waals surface area contributed by atoms with Crippen molar-refractivity contribution in [2.24, 2.45) is 0 Å². The van der Waals surface area contributed by atoms with Gasteiger partial charge in [-0.25, -0.2) is 8.42 Å². The molecule has 0 unspecified atom stereocenters. The number of hydrogen-bond donors (Lipinski definition) is 2. The van der Waals surface area contributed by atoms with Crippen molar-refractivity contribution < 1.29 is 8.42 Å². The second kappa shape index (κ2) is 5.14. The van der Waals surface area contributed by atoms with E-state index in [1.54, 1.807) is 18.2 Å². The van der Waals surface area contributed by atoms with E-state index in [9.17, 15) is 8.42 Å². The van der Waals surface area contributed by atoms with Gasteiger partial charge in [-0.2, -0.15) is 8.75 Å². The maximum absolute atomic E-state index is 12.5. The minimum atomic E-state index is -3.83. The van der Waals surface area contributed by atoms with Crippen LogP contribution < -0.4 is 10.5 Å². The SMILES string of the molecule is Nc1ccc(Cl)cc1NS(=O)(=O)c1cccc2nsnc12. The lowest BCUT2D eigenvalue weighted by Crippen LogP contribution is -2.14. The van der Waals surface area contributed by atoms with Crippen LogP contribution in [-0.4, -0.2) is 17.2 Å². The second-order valence-corrected chi connectivity index (χ2v) is 6.84. The smallest absolute Gasteiger partial charge is 0.264 e. The fourth-order valence-corrected chi connectivity index (χ4v) is 3.83. The van der Waals surface area contributed by atoms with Gasteiger partial charge in [-0.3, -0.25) is 4.72 Å². The van der Waals surface area contributed by atoms with E-state index >= 15 is 0 Å². The Labute approximate surface area is 129 Å². The van der Waals surface area contributed by atoms with Gasteiger partial charge in [0.2, 0.25) is 0 Å². The summed E-state index contributed by atoms with van der Waals surface area (Å²) in [5.74, 6) is 0. The summed E-state index contributed by atoms with van der Waals surface area (Å²) in [5.41, 5.74) is 7.12. The number of nitrogens with two attached hydrogens (primary N) is 1. The Morgan fingerprint density at radius 2 is 2.00 bits per heavy atom. The Morgan fingerprint density at radius 1 is 1.19 bits per heavy atom. The van der Waals surface area contributed by atoms with E-state index in [4.69, 9.17) is 17.3 Å². The number of nitrogens with one attached hydrogen (secondary N) is 1. The molecule has 0 aliphatic heterocycles. The van der Waals surface area contributed by atoms with Gasteiger partial charge in [0.05, 0.1) is 23.1 Å². The van der Waals surface area contributed by atoms with Crippen LogP contribution in [0.25, 0.3) is 11.0 Å². The molecule has 2 aromatic carbocycles. The summed E-state index contributed by atoms with van der Waals surface area (Å²) in [4.78, 5) is 0.0492. The van der Waals surface area contributed by atoms with Crippen LogP contribution in [0.2, 0.25) is 5.02 Å². The van der Waals surface area contributed by atoms with Gasteiger partial charge < -0.3 is 5.73 Å². The number of rotatable bonds is 3. The first-order chi connectivity index (χ1) is 9.97. The van der Waals surface area contributed by atoms with Crippen LogP contribution in [0.5, 0.6) is 0 Å². The first kappa shape index (κ1) is 14.1. The molecule has 0 saturated carbocycles. The van der Waals surface area contributed by atoms with E-state index in [0.29, 0.717) is 16.1 Å². The van der Waals surface area contributed by atoms with E-state index in [1.165, 1.54) is 18.2 Å². The molecule has 0 amide bonds. The number of nitrogen functional groups attached to an aromatic ring is 1. The zero-order valence-corrected chi connectivity index (χ0v) is 12.8. The summed E-state index contributed by atoms with van der Waals surface area (Å²) in [6.07, 6.45) is 0. The number of halogens is 1. The van der Waals surface area contributed by atoms with Crippen LogP contribution in [0.1, 0.15) is 0 Å². The highest BCUT2D eigenvalue weighted by molar-refractivity contribution is 7.93. The molecule has 0 aliphatic rings. The number of hydrogen-bond acceptors (Lipinski definition) is 6. The molecule has 9 heteroatoms. The van der Waals surface area contributed by atoms with Gasteiger partial charge in [-0.15, -0.1) is 0 Å². The van der Waals surface area contributed by atoms with E-state index in [2.05, 4.69) is 13.5 Å². The third-order valence-electron chi connectivity index (χ3n) is 2.80. The van der Waals surface area contributed by atoms with E-state index in [-0.39, 0.29) is 16.3 Å². The zero-order valence-electron chi connectivity index (χ0n) is 10.4. The number of sulfonamides is 1. The molecular weight excluding hydrogens is 332 g/mol. The van der Waals surface area contributed by atoms with Crippen molar-refractivity contribution in [1.82, 2.24) is 8.75 Å². The van der Waals surface area contributed by atoms with Crippen molar-refractivity contribution in [2.45, 2.75) is 4.90 Å². The molecule has 0 saturated heterocycles. The molecule has 6 nitrogen and oxygen atoms in total. The van der Waals surface area contributed by atoms with Crippen LogP contribution >= 0.6 is 23.3 Å². The molecule has 0 fully saturated rings. The minimum Gasteiger partial charge on any atom is -0.397 e. The van der Waals surface area contributed by atoms with Crippen LogP contribution in [0.4, 0.5) is 11.4 Å². The number of benzene rings is 2. The van der Waals surface area contributed by atoms with Gasteiger partial charge in [0.1, 0.15) is 15.9 Å². The topological polar surface area (TPSA) is 98.0 Å². The number of anilines is 2. The quantitative estimate of drug-likeness (QED) is 0.714.